The van der Waals surface area contributed by atoms with Crippen LogP contribution in [0.1, 0.15) is 11.1 Å². The molecule has 0 saturated heterocycles. The number of ether oxygens (including phenoxy) is 1. The van der Waals surface area contributed by atoms with Gasteiger partial charge in [0.1, 0.15) is 11.5 Å². The molecule has 0 saturated carbocycles. The summed E-state index contributed by atoms with van der Waals surface area (Å²) in [7, 11) is 0. The molecule has 0 radical (unpaired) electrons. The molecule has 2 aromatic rings. The van der Waals surface area contributed by atoms with Crippen molar-refractivity contribution in [3.05, 3.63) is 58.1 Å². The molecule has 2 aromatic carbocycles. The highest BCUT2D eigenvalue weighted by molar-refractivity contribution is 9.10. The molecule has 0 aromatic heterocycles. The van der Waals surface area contributed by atoms with Gasteiger partial charge in [-0.05, 0) is 41.1 Å². The lowest BCUT2D eigenvalue weighted by atomic mass is 10.1. The van der Waals surface area contributed by atoms with Crippen LogP contribution in [0.3, 0.4) is 0 Å². The third-order valence-corrected chi connectivity index (χ3v) is 3.36. The Morgan fingerprint density at radius 1 is 1.12 bits per heavy atom. The first-order chi connectivity index (χ1) is 8.20. The standard InChI is InChI=1S/C14H12BrClO/c1-10-6-7-13(11(8-10)9-16)17-14-5-3-2-4-12(14)15/h2-8H,9H2,1H3. The maximum absolute atomic E-state index is 5.92. The summed E-state index contributed by atoms with van der Waals surface area (Å²) >= 11 is 9.38. The molecule has 2 rings (SSSR count). The van der Waals surface area contributed by atoms with Gasteiger partial charge in [-0.25, -0.2) is 0 Å². The zero-order chi connectivity index (χ0) is 12.3. The Labute approximate surface area is 115 Å². The van der Waals surface area contributed by atoms with Gasteiger partial charge in [0.25, 0.3) is 0 Å². The van der Waals surface area contributed by atoms with Gasteiger partial charge in [0.05, 0.1) is 10.4 Å². The van der Waals surface area contributed by atoms with Gasteiger partial charge in [-0.15, -0.1) is 11.6 Å². The molecular formula is C14H12BrClO. The summed E-state index contributed by atoms with van der Waals surface area (Å²) in [5.74, 6) is 2.04. The Morgan fingerprint density at radius 2 is 1.88 bits per heavy atom. The van der Waals surface area contributed by atoms with E-state index in [1.165, 1.54) is 5.56 Å². The zero-order valence-corrected chi connectivity index (χ0v) is 11.8. The average molecular weight is 312 g/mol. The Bertz CT molecular complexity index is 525. The van der Waals surface area contributed by atoms with E-state index in [9.17, 15) is 0 Å². The zero-order valence-electron chi connectivity index (χ0n) is 9.41. The lowest BCUT2D eigenvalue weighted by molar-refractivity contribution is 0.475. The Morgan fingerprint density at radius 3 is 2.59 bits per heavy atom. The van der Waals surface area contributed by atoms with E-state index >= 15 is 0 Å². The van der Waals surface area contributed by atoms with Crippen molar-refractivity contribution in [1.29, 1.82) is 0 Å². The highest BCUT2D eigenvalue weighted by atomic mass is 79.9. The van der Waals surface area contributed by atoms with Gasteiger partial charge in [-0.2, -0.15) is 0 Å². The number of aryl methyl sites for hydroxylation is 1. The fourth-order valence-corrected chi connectivity index (χ4v) is 2.13. The summed E-state index contributed by atoms with van der Waals surface area (Å²) in [4.78, 5) is 0. The lowest BCUT2D eigenvalue weighted by Crippen LogP contribution is -1.91. The van der Waals surface area contributed by atoms with Crippen LogP contribution < -0.4 is 4.74 Å². The van der Waals surface area contributed by atoms with Crippen LogP contribution in [0.15, 0.2) is 46.9 Å². The number of alkyl halides is 1. The minimum atomic E-state index is 0.446. The van der Waals surface area contributed by atoms with Gasteiger partial charge < -0.3 is 4.74 Å². The molecule has 17 heavy (non-hydrogen) atoms. The predicted molar refractivity (Wildman–Crippen MR) is 75.0 cm³/mol. The topological polar surface area (TPSA) is 9.23 Å². The van der Waals surface area contributed by atoms with Crippen molar-refractivity contribution in [1.82, 2.24) is 0 Å². The fraction of sp³-hybridized carbons (Fsp3) is 0.143. The number of hydrogen-bond acceptors (Lipinski definition) is 1. The van der Waals surface area contributed by atoms with Crippen LogP contribution in [0.5, 0.6) is 11.5 Å². The van der Waals surface area contributed by atoms with Crippen LogP contribution in [0.25, 0.3) is 0 Å². The molecule has 0 amide bonds. The normalized spacial score (nSPS) is 10.3. The lowest BCUT2D eigenvalue weighted by Gasteiger charge is -2.11. The van der Waals surface area contributed by atoms with E-state index in [1.54, 1.807) is 0 Å². The van der Waals surface area contributed by atoms with Crippen molar-refractivity contribution in [2.45, 2.75) is 12.8 Å². The van der Waals surface area contributed by atoms with E-state index in [-0.39, 0.29) is 0 Å². The maximum Gasteiger partial charge on any atom is 0.141 e. The van der Waals surface area contributed by atoms with Crippen LogP contribution in [0.2, 0.25) is 0 Å². The molecule has 1 nitrogen and oxygen atoms in total. The van der Waals surface area contributed by atoms with Crippen molar-refractivity contribution in [3.63, 3.8) is 0 Å². The third kappa shape index (κ3) is 3.02. The molecule has 0 unspecified atom stereocenters. The summed E-state index contributed by atoms with van der Waals surface area (Å²) in [6, 6.07) is 13.8. The molecule has 3 heteroatoms. The molecule has 0 aliphatic carbocycles. The van der Waals surface area contributed by atoms with Crippen LogP contribution in [0, 0.1) is 6.92 Å². The SMILES string of the molecule is Cc1ccc(Oc2ccccc2Br)c(CCl)c1. The van der Waals surface area contributed by atoms with Crippen molar-refractivity contribution >= 4 is 27.5 Å². The molecule has 88 valence electrons. The summed E-state index contributed by atoms with van der Waals surface area (Å²) in [6.07, 6.45) is 0. The number of para-hydroxylation sites is 1. The van der Waals surface area contributed by atoms with Gasteiger partial charge in [0.2, 0.25) is 0 Å². The van der Waals surface area contributed by atoms with Gasteiger partial charge >= 0.3 is 0 Å². The largest absolute Gasteiger partial charge is 0.456 e. The predicted octanol–water partition coefficient (Wildman–Crippen LogP) is 5.29. The van der Waals surface area contributed by atoms with E-state index in [4.69, 9.17) is 16.3 Å². The Balaban J connectivity index is 2.33. The number of rotatable bonds is 3. The van der Waals surface area contributed by atoms with Crippen molar-refractivity contribution < 1.29 is 4.74 Å². The molecule has 0 spiro atoms. The van der Waals surface area contributed by atoms with Crippen molar-refractivity contribution in [2.75, 3.05) is 0 Å². The molecule has 0 fully saturated rings. The molecule has 0 bridgehead atoms. The van der Waals surface area contributed by atoms with E-state index in [0.29, 0.717) is 5.88 Å². The molecule has 0 aliphatic rings. The van der Waals surface area contributed by atoms with Crippen LogP contribution >= 0.6 is 27.5 Å². The highest BCUT2D eigenvalue weighted by Crippen LogP contribution is 2.32. The summed E-state index contributed by atoms with van der Waals surface area (Å²) < 4.78 is 6.79. The summed E-state index contributed by atoms with van der Waals surface area (Å²) in [5, 5.41) is 0. The number of hydrogen-bond donors (Lipinski definition) is 0. The Hall–Kier alpha value is -0.990. The van der Waals surface area contributed by atoms with E-state index in [2.05, 4.69) is 15.9 Å². The first-order valence-electron chi connectivity index (χ1n) is 5.28. The summed E-state index contributed by atoms with van der Waals surface area (Å²) in [6.45, 7) is 2.04. The average Bonchev–Trinajstić information content (AvgIpc) is 2.34. The highest BCUT2D eigenvalue weighted by Gasteiger charge is 2.06. The minimum Gasteiger partial charge on any atom is -0.456 e. The van der Waals surface area contributed by atoms with Gasteiger partial charge in [-0.3, -0.25) is 0 Å². The number of benzene rings is 2. The smallest absolute Gasteiger partial charge is 0.141 e. The second kappa shape index (κ2) is 5.56. The Kier molecular flexibility index (Phi) is 4.08. The van der Waals surface area contributed by atoms with Crippen molar-refractivity contribution in [3.8, 4) is 11.5 Å². The molecule has 0 atom stereocenters. The first kappa shape index (κ1) is 12.5. The molecule has 0 N–H and O–H groups in total. The quantitative estimate of drug-likeness (QED) is 0.700. The van der Waals surface area contributed by atoms with E-state index in [0.717, 1.165) is 21.5 Å². The molecular weight excluding hydrogens is 300 g/mol. The van der Waals surface area contributed by atoms with Gasteiger partial charge in [0.15, 0.2) is 0 Å². The van der Waals surface area contributed by atoms with Crippen LogP contribution in [0.4, 0.5) is 0 Å². The monoisotopic (exact) mass is 310 g/mol. The van der Waals surface area contributed by atoms with Crippen LogP contribution in [-0.2, 0) is 5.88 Å². The summed E-state index contributed by atoms with van der Waals surface area (Å²) in [5.41, 5.74) is 2.18. The van der Waals surface area contributed by atoms with E-state index < -0.39 is 0 Å². The second-order valence-electron chi connectivity index (χ2n) is 3.78. The second-order valence-corrected chi connectivity index (χ2v) is 4.90. The third-order valence-electron chi connectivity index (χ3n) is 2.42. The van der Waals surface area contributed by atoms with Crippen molar-refractivity contribution in [2.24, 2.45) is 0 Å². The maximum atomic E-state index is 5.92. The molecule has 0 aliphatic heterocycles. The van der Waals surface area contributed by atoms with Gasteiger partial charge in [0, 0.05) is 5.56 Å². The molecule has 0 heterocycles. The van der Waals surface area contributed by atoms with Gasteiger partial charge in [-0.1, -0.05) is 29.8 Å². The minimum absolute atomic E-state index is 0.446. The fourth-order valence-electron chi connectivity index (χ4n) is 1.56. The first-order valence-corrected chi connectivity index (χ1v) is 6.61. The number of halogens is 2. The van der Waals surface area contributed by atoms with Crippen LogP contribution in [-0.4, -0.2) is 0 Å². The van der Waals surface area contributed by atoms with E-state index in [1.807, 2.05) is 49.4 Å².